The number of aromatic nitrogens is 2. The van der Waals surface area contributed by atoms with Gasteiger partial charge in [0.25, 0.3) is 0 Å². The van der Waals surface area contributed by atoms with E-state index in [9.17, 15) is 0 Å². The second-order valence-corrected chi connectivity index (χ2v) is 7.51. The molecule has 0 bridgehead atoms. The molecule has 1 aliphatic heterocycles. The summed E-state index contributed by atoms with van der Waals surface area (Å²) in [6.45, 7) is 0.933. The summed E-state index contributed by atoms with van der Waals surface area (Å²) in [5.74, 6) is 1.08. The molecule has 2 aromatic carbocycles. The van der Waals surface area contributed by atoms with Crippen LogP contribution < -0.4 is 5.32 Å². The molecule has 122 valence electrons. The van der Waals surface area contributed by atoms with Gasteiger partial charge in [-0.2, -0.15) is 5.10 Å². The highest BCUT2D eigenvalue weighted by Gasteiger charge is 2.23. The molecule has 24 heavy (non-hydrogen) atoms. The van der Waals surface area contributed by atoms with E-state index in [2.05, 4.69) is 33.4 Å². The summed E-state index contributed by atoms with van der Waals surface area (Å²) in [6.07, 6.45) is 1.67. The first-order chi connectivity index (χ1) is 11.6. The van der Waals surface area contributed by atoms with Gasteiger partial charge in [0.15, 0.2) is 0 Å². The molecule has 0 saturated heterocycles. The lowest BCUT2D eigenvalue weighted by molar-refractivity contribution is 0.839. The molecule has 0 fully saturated rings. The standard InChI is InChI=1S/C18H14BrCl2N3/c19-12-2-1-3-14(9-12)24-18-15(6-7-22-18)17(23-24)8-11-4-5-13(20)10-16(11)21/h1-5,9-10,22H,6-8H2. The number of hydrogen-bond donors (Lipinski definition) is 1. The summed E-state index contributed by atoms with van der Waals surface area (Å²) >= 11 is 15.9. The van der Waals surface area contributed by atoms with Crippen LogP contribution in [0.15, 0.2) is 46.9 Å². The van der Waals surface area contributed by atoms with Crippen molar-refractivity contribution >= 4 is 44.9 Å². The third kappa shape index (κ3) is 2.94. The summed E-state index contributed by atoms with van der Waals surface area (Å²) in [5, 5.41) is 9.62. The second-order valence-electron chi connectivity index (χ2n) is 5.75. The highest BCUT2D eigenvalue weighted by Crippen LogP contribution is 2.32. The van der Waals surface area contributed by atoms with Crippen LogP contribution in [0.5, 0.6) is 0 Å². The zero-order chi connectivity index (χ0) is 16.7. The largest absolute Gasteiger partial charge is 0.369 e. The van der Waals surface area contributed by atoms with E-state index in [1.807, 2.05) is 28.9 Å². The Kier molecular flexibility index (Phi) is 4.29. The zero-order valence-corrected chi connectivity index (χ0v) is 15.8. The van der Waals surface area contributed by atoms with Gasteiger partial charge in [-0.25, -0.2) is 4.68 Å². The summed E-state index contributed by atoms with van der Waals surface area (Å²) in [7, 11) is 0. The third-order valence-electron chi connectivity index (χ3n) is 4.16. The van der Waals surface area contributed by atoms with Gasteiger partial charge in [0.2, 0.25) is 0 Å². The van der Waals surface area contributed by atoms with Crippen molar-refractivity contribution in [2.24, 2.45) is 0 Å². The van der Waals surface area contributed by atoms with Gasteiger partial charge in [-0.1, -0.05) is 51.3 Å². The maximum Gasteiger partial charge on any atom is 0.133 e. The number of anilines is 1. The van der Waals surface area contributed by atoms with E-state index in [0.717, 1.165) is 40.2 Å². The lowest BCUT2D eigenvalue weighted by Gasteiger charge is -2.07. The molecule has 0 saturated carbocycles. The molecule has 0 atom stereocenters. The van der Waals surface area contributed by atoms with E-state index in [1.54, 1.807) is 6.07 Å². The van der Waals surface area contributed by atoms with Crippen LogP contribution >= 0.6 is 39.1 Å². The lowest BCUT2D eigenvalue weighted by atomic mass is 10.1. The zero-order valence-electron chi connectivity index (χ0n) is 12.7. The Morgan fingerprint density at radius 3 is 2.83 bits per heavy atom. The molecular weight excluding hydrogens is 409 g/mol. The third-order valence-corrected chi connectivity index (χ3v) is 5.24. The Morgan fingerprint density at radius 1 is 1.17 bits per heavy atom. The fraction of sp³-hybridized carbons (Fsp3) is 0.167. The Bertz CT molecular complexity index is 921. The van der Waals surface area contributed by atoms with Gasteiger partial charge in [-0.15, -0.1) is 0 Å². The van der Waals surface area contributed by atoms with Crippen molar-refractivity contribution in [3.8, 4) is 5.69 Å². The van der Waals surface area contributed by atoms with Crippen molar-refractivity contribution in [2.75, 3.05) is 11.9 Å². The number of fused-ring (bicyclic) bond motifs is 1. The van der Waals surface area contributed by atoms with Gasteiger partial charge in [0.05, 0.1) is 11.4 Å². The predicted molar refractivity (Wildman–Crippen MR) is 103 cm³/mol. The minimum Gasteiger partial charge on any atom is -0.369 e. The van der Waals surface area contributed by atoms with Crippen LogP contribution in [-0.4, -0.2) is 16.3 Å². The normalized spacial score (nSPS) is 13.0. The molecule has 0 amide bonds. The van der Waals surface area contributed by atoms with Crippen LogP contribution in [0.4, 0.5) is 5.82 Å². The Morgan fingerprint density at radius 2 is 2.04 bits per heavy atom. The molecule has 0 aliphatic carbocycles. The summed E-state index contributed by atoms with van der Waals surface area (Å²) < 4.78 is 3.01. The minimum absolute atomic E-state index is 0.648. The Labute approximate surface area is 158 Å². The summed E-state index contributed by atoms with van der Waals surface area (Å²) in [5.41, 5.74) is 4.39. The van der Waals surface area contributed by atoms with Crippen molar-refractivity contribution in [3.63, 3.8) is 0 Å². The van der Waals surface area contributed by atoms with Gasteiger partial charge >= 0.3 is 0 Å². The number of benzene rings is 2. The van der Waals surface area contributed by atoms with Crippen molar-refractivity contribution < 1.29 is 0 Å². The average Bonchev–Trinajstić information content (AvgIpc) is 3.13. The fourth-order valence-electron chi connectivity index (χ4n) is 3.03. The number of nitrogens with zero attached hydrogens (tertiary/aromatic N) is 2. The molecule has 1 aromatic heterocycles. The summed E-state index contributed by atoms with van der Waals surface area (Å²) in [6, 6.07) is 13.8. The van der Waals surface area contributed by atoms with E-state index >= 15 is 0 Å². The van der Waals surface area contributed by atoms with Crippen LogP contribution in [0.25, 0.3) is 5.69 Å². The SMILES string of the molecule is Clc1ccc(Cc2nn(-c3cccc(Br)c3)c3c2CCN3)c(Cl)c1. The molecule has 3 aromatic rings. The van der Waals surface area contributed by atoms with E-state index in [0.29, 0.717) is 16.5 Å². The monoisotopic (exact) mass is 421 g/mol. The first kappa shape index (κ1) is 16.0. The molecule has 1 N–H and O–H groups in total. The van der Waals surface area contributed by atoms with Gasteiger partial charge in [-0.3, -0.25) is 0 Å². The molecule has 0 radical (unpaired) electrons. The topological polar surface area (TPSA) is 29.9 Å². The molecular formula is C18H14BrCl2N3. The maximum absolute atomic E-state index is 6.33. The molecule has 0 unspecified atom stereocenters. The number of nitrogens with one attached hydrogen (secondary N) is 1. The Hall–Kier alpha value is -1.49. The van der Waals surface area contributed by atoms with Gasteiger partial charge in [0, 0.05) is 33.0 Å². The number of halogens is 3. The van der Waals surface area contributed by atoms with E-state index in [4.69, 9.17) is 28.3 Å². The molecule has 0 spiro atoms. The molecule has 3 nitrogen and oxygen atoms in total. The predicted octanol–water partition coefficient (Wildman–Crippen LogP) is 5.50. The molecule has 1 aliphatic rings. The lowest BCUT2D eigenvalue weighted by Crippen LogP contribution is -2.05. The second kappa shape index (κ2) is 6.43. The minimum atomic E-state index is 0.648. The smallest absolute Gasteiger partial charge is 0.133 e. The van der Waals surface area contributed by atoms with E-state index in [-0.39, 0.29) is 0 Å². The quantitative estimate of drug-likeness (QED) is 0.603. The van der Waals surface area contributed by atoms with Crippen LogP contribution in [-0.2, 0) is 12.8 Å². The first-order valence-electron chi connectivity index (χ1n) is 7.66. The highest BCUT2D eigenvalue weighted by atomic mass is 79.9. The van der Waals surface area contributed by atoms with Crippen molar-refractivity contribution in [3.05, 3.63) is 73.8 Å². The van der Waals surface area contributed by atoms with Gasteiger partial charge < -0.3 is 5.32 Å². The van der Waals surface area contributed by atoms with Crippen LogP contribution in [0, 0.1) is 0 Å². The molecule has 6 heteroatoms. The van der Waals surface area contributed by atoms with Crippen LogP contribution in [0.2, 0.25) is 10.0 Å². The van der Waals surface area contributed by atoms with E-state index < -0.39 is 0 Å². The van der Waals surface area contributed by atoms with Crippen molar-refractivity contribution in [2.45, 2.75) is 12.8 Å². The first-order valence-corrected chi connectivity index (χ1v) is 9.21. The number of rotatable bonds is 3. The molecule has 2 heterocycles. The number of hydrogen-bond acceptors (Lipinski definition) is 2. The summed E-state index contributed by atoms with van der Waals surface area (Å²) in [4.78, 5) is 0. The Balaban J connectivity index is 1.76. The fourth-order valence-corrected chi connectivity index (χ4v) is 3.89. The van der Waals surface area contributed by atoms with Crippen LogP contribution in [0.3, 0.4) is 0 Å². The van der Waals surface area contributed by atoms with Gasteiger partial charge in [0.1, 0.15) is 5.82 Å². The van der Waals surface area contributed by atoms with Crippen molar-refractivity contribution in [1.82, 2.24) is 9.78 Å². The molecule has 4 rings (SSSR count). The van der Waals surface area contributed by atoms with Crippen molar-refractivity contribution in [1.29, 1.82) is 0 Å². The maximum atomic E-state index is 6.33. The van der Waals surface area contributed by atoms with Crippen LogP contribution in [0.1, 0.15) is 16.8 Å². The highest BCUT2D eigenvalue weighted by molar-refractivity contribution is 9.10. The van der Waals surface area contributed by atoms with Gasteiger partial charge in [-0.05, 0) is 42.3 Å². The van der Waals surface area contributed by atoms with E-state index in [1.165, 1.54) is 5.56 Å². The average molecular weight is 423 g/mol.